The molecule has 2 N–H and O–H groups in total. The largest absolute Gasteiger partial charge is 0.496 e. The highest BCUT2D eigenvalue weighted by molar-refractivity contribution is 7.80. The van der Waals surface area contributed by atoms with E-state index in [4.69, 9.17) is 10.5 Å². The Bertz CT molecular complexity index is 301. The molecule has 0 bridgehead atoms. The van der Waals surface area contributed by atoms with Gasteiger partial charge in [0.1, 0.15) is 5.75 Å². The van der Waals surface area contributed by atoms with Gasteiger partial charge in [-0.05, 0) is 36.3 Å². The number of benzene rings is 1. The fourth-order valence-corrected chi connectivity index (χ4v) is 1.72. The van der Waals surface area contributed by atoms with Crippen LogP contribution >= 0.6 is 12.6 Å². The zero-order chi connectivity index (χ0) is 10.6. The van der Waals surface area contributed by atoms with Crippen LogP contribution in [0.2, 0.25) is 0 Å². The van der Waals surface area contributed by atoms with Gasteiger partial charge in [-0.15, -0.1) is 0 Å². The molecule has 1 atom stereocenters. The molecule has 0 saturated heterocycles. The van der Waals surface area contributed by atoms with E-state index in [9.17, 15) is 0 Å². The molecule has 78 valence electrons. The van der Waals surface area contributed by atoms with Gasteiger partial charge >= 0.3 is 0 Å². The fourth-order valence-electron chi connectivity index (χ4n) is 1.44. The van der Waals surface area contributed by atoms with Crippen molar-refractivity contribution in [3.05, 3.63) is 29.3 Å². The van der Waals surface area contributed by atoms with Crippen molar-refractivity contribution < 1.29 is 4.74 Å². The zero-order valence-corrected chi connectivity index (χ0v) is 9.55. The summed E-state index contributed by atoms with van der Waals surface area (Å²) in [4.78, 5) is 0. The molecule has 0 radical (unpaired) electrons. The van der Waals surface area contributed by atoms with Gasteiger partial charge in [0.15, 0.2) is 0 Å². The monoisotopic (exact) mass is 211 g/mol. The molecule has 3 heteroatoms. The number of rotatable bonds is 4. The van der Waals surface area contributed by atoms with Crippen LogP contribution in [0.1, 0.15) is 23.6 Å². The smallest absolute Gasteiger partial charge is 0.121 e. The van der Waals surface area contributed by atoms with E-state index in [1.54, 1.807) is 7.11 Å². The number of nitrogens with two attached hydrogens (primary N) is 1. The van der Waals surface area contributed by atoms with Gasteiger partial charge in [0.05, 0.1) is 7.11 Å². The summed E-state index contributed by atoms with van der Waals surface area (Å²) >= 11 is 4.17. The molecule has 0 aliphatic rings. The van der Waals surface area contributed by atoms with E-state index in [1.807, 2.05) is 19.1 Å². The van der Waals surface area contributed by atoms with Gasteiger partial charge < -0.3 is 10.5 Å². The predicted molar refractivity (Wildman–Crippen MR) is 63.1 cm³/mol. The quantitative estimate of drug-likeness (QED) is 0.750. The molecule has 0 aliphatic carbocycles. The lowest BCUT2D eigenvalue weighted by molar-refractivity contribution is 0.411. The second kappa shape index (κ2) is 5.27. The minimum absolute atomic E-state index is 0.0807. The first-order valence-electron chi connectivity index (χ1n) is 4.70. The van der Waals surface area contributed by atoms with E-state index in [0.29, 0.717) is 0 Å². The Morgan fingerprint density at radius 3 is 2.71 bits per heavy atom. The number of ether oxygens (including phenoxy) is 1. The van der Waals surface area contributed by atoms with Crippen molar-refractivity contribution in [2.75, 3.05) is 12.9 Å². The highest BCUT2D eigenvalue weighted by Gasteiger charge is 2.06. The van der Waals surface area contributed by atoms with Gasteiger partial charge in [0, 0.05) is 6.04 Å². The predicted octanol–water partition coefficient (Wildman–Crippen LogP) is 2.32. The van der Waals surface area contributed by atoms with Crippen LogP contribution in [0, 0.1) is 6.92 Å². The van der Waals surface area contributed by atoms with E-state index in [1.165, 1.54) is 0 Å². The molecule has 1 aromatic carbocycles. The Morgan fingerprint density at radius 2 is 2.21 bits per heavy atom. The second-order valence-corrected chi connectivity index (χ2v) is 3.80. The van der Waals surface area contributed by atoms with Crippen molar-refractivity contribution in [2.24, 2.45) is 5.73 Å². The van der Waals surface area contributed by atoms with Gasteiger partial charge in [-0.3, -0.25) is 0 Å². The Balaban J connectivity index is 2.85. The summed E-state index contributed by atoms with van der Waals surface area (Å²) in [5.41, 5.74) is 8.25. The molecule has 2 nitrogen and oxygen atoms in total. The molecule has 0 aliphatic heterocycles. The number of hydrogen-bond acceptors (Lipinski definition) is 3. The Morgan fingerprint density at radius 1 is 1.50 bits per heavy atom. The van der Waals surface area contributed by atoms with E-state index in [-0.39, 0.29) is 6.04 Å². The summed E-state index contributed by atoms with van der Waals surface area (Å²) in [7, 11) is 1.68. The zero-order valence-electron chi connectivity index (χ0n) is 8.66. The molecule has 0 amide bonds. The molecule has 0 fully saturated rings. The van der Waals surface area contributed by atoms with Gasteiger partial charge in [-0.1, -0.05) is 12.1 Å². The first-order chi connectivity index (χ1) is 6.69. The Kier molecular flexibility index (Phi) is 4.29. The Labute approximate surface area is 90.9 Å². The maximum Gasteiger partial charge on any atom is 0.121 e. The van der Waals surface area contributed by atoms with Crippen LogP contribution in [-0.4, -0.2) is 12.9 Å². The van der Waals surface area contributed by atoms with Gasteiger partial charge in [0.25, 0.3) is 0 Å². The summed E-state index contributed by atoms with van der Waals surface area (Å²) < 4.78 is 5.18. The van der Waals surface area contributed by atoms with Gasteiger partial charge in [0.2, 0.25) is 0 Å². The van der Waals surface area contributed by atoms with Crippen molar-refractivity contribution in [3.8, 4) is 5.75 Å². The van der Waals surface area contributed by atoms with Crippen LogP contribution in [0.5, 0.6) is 5.75 Å². The summed E-state index contributed by atoms with van der Waals surface area (Å²) in [6, 6.07) is 6.13. The average molecular weight is 211 g/mol. The highest BCUT2D eigenvalue weighted by atomic mass is 32.1. The van der Waals surface area contributed by atoms with Crippen molar-refractivity contribution in [2.45, 2.75) is 19.4 Å². The molecular weight excluding hydrogens is 194 g/mol. The van der Waals surface area contributed by atoms with E-state index >= 15 is 0 Å². The molecule has 1 rings (SSSR count). The van der Waals surface area contributed by atoms with Crippen molar-refractivity contribution in [1.82, 2.24) is 0 Å². The van der Waals surface area contributed by atoms with Gasteiger partial charge in [-0.2, -0.15) is 12.6 Å². The Hall–Kier alpha value is -0.670. The molecule has 0 aromatic heterocycles. The lowest BCUT2D eigenvalue weighted by Crippen LogP contribution is -2.10. The lowest BCUT2D eigenvalue weighted by atomic mass is 10.0. The van der Waals surface area contributed by atoms with E-state index < -0.39 is 0 Å². The standard InChI is InChI=1S/C11H17NOS/c1-8-7-9(10(12)5-6-14)3-4-11(8)13-2/h3-4,7,10,14H,5-6,12H2,1-2H3. The summed E-state index contributed by atoms with van der Waals surface area (Å²) in [6.07, 6.45) is 0.898. The van der Waals surface area contributed by atoms with Crippen molar-refractivity contribution >= 4 is 12.6 Å². The van der Waals surface area contributed by atoms with Crippen molar-refractivity contribution in [3.63, 3.8) is 0 Å². The maximum atomic E-state index is 5.98. The summed E-state index contributed by atoms with van der Waals surface area (Å²) in [5.74, 6) is 1.72. The number of aryl methyl sites for hydroxylation is 1. The number of hydrogen-bond donors (Lipinski definition) is 2. The van der Waals surface area contributed by atoms with Crippen LogP contribution in [0.25, 0.3) is 0 Å². The molecule has 0 spiro atoms. The molecular formula is C11H17NOS. The number of methoxy groups -OCH3 is 1. The maximum absolute atomic E-state index is 5.98. The topological polar surface area (TPSA) is 35.2 Å². The molecule has 14 heavy (non-hydrogen) atoms. The summed E-state index contributed by atoms with van der Waals surface area (Å²) in [5, 5.41) is 0. The first kappa shape index (κ1) is 11.4. The molecule has 0 saturated carbocycles. The van der Waals surface area contributed by atoms with Crippen LogP contribution in [-0.2, 0) is 0 Å². The first-order valence-corrected chi connectivity index (χ1v) is 5.33. The third kappa shape index (κ3) is 2.66. The summed E-state index contributed by atoms with van der Waals surface area (Å²) in [6.45, 7) is 2.02. The minimum Gasteiger partial charge on any atom is -0.496 e. The third-order valence-corrected chi connectivity index (χ3v) is 2.55. The molecule has 1 aromatic rings. The van der Waals surface area contributed by atoms with E-state index in [0.717, 1.165) is 29.1 Å². The molecule has 0 heterocycles. The highest BCUT2D eigenvalue weighted by Crippen LogP contribution is 2.22. The van der Waals surface area contributed by atoms with Crippen LogP contribution in [0.15, 0.2) is 18.2 Å². The van der Waals surface area contributed by atoms with Gasteiger partial charge in [-0.25, -0.2) is 0 Å². The SMILES string of the molecule is COc1ccc(C(N)CCS)cc1C. The lowest BCUT2D eigenvalue weighted by Gasteiger charge is -2.12. The fraction of sp³-hybridized carbons (Fsp3) is 0.455. The second-order valence-electron chi connectivity index (χ2n) is 3.35. The molecule has 1 unspecified atom stereocenters. The van der Waals surface area contributed by atoms with Crippen LogP contribution < -0.4 is 10.5 Å². The van der Waals surface area contributed by atoms with Crippen molar-refractivity contribution in [1.29, 1.82) is 0 Å². The third-order valence-electron chi connectivity index (χ3n) is 2.29. The number of thiol groups is 1. The average Bonchev–Trinajstić information content (AvgIpc) is 2.18. The van der Waals surface area contributed by atoms with Crippen LogP contribution in [0.3, 0.4) is 0 Å². The van der Waals surface area contributed by atoms with E-state index in [2.05, 4.69) is 18.7 Å². The normalized spacial score (nSPS) is 12.6. The minimum atomic E-state index is 0.0807. The van der Waals surface area contributed by atoms with Crippen LogP contribution in [0.4, 0.5) is 0 Å².